The van der Waals surface area contributed by atoms with E-state index in [2.05, 4.69) is 10.9 Å². The average molecular weight is 272 g/mol. The molecule has 0 fully saturated rings. The fourth-order valence-corrected chi connectivity index (χ4v) is 2.00. The van der Waals surface area contributed by atoms with Gasteiger partial charge in [-0.15, -0.1) is 0 Å². The Morgan fingerprint density at radius 3 is 2.00 bits per heavy atom. The molecule has 19 heavy (non-hydrogen) atoms. The largest absolute Gasteiger partial charge is 0.302 e. The summed E-state index contributed by atoms with van der Waals surface area (Å²) in [6.07, 6.45) is 0. The first-order valence-corrected chi connectivity index (χ1v) is 6.45. The summed E-state index contributed by atoms with van der Waals surface area (Å²) in [6, 6.07) is 17.9. The van der Waals surface area contributed by atoms with Crippen LogP contribution in [0.25, 0.3) is 0 Å². The number of hydrogen-bond acceptors (Lipinski definition) is 3. The number of carbonyl (C=O) groups excluding carboxylic acids is 2. The zero-order chi connectivity index (χ0) is 13.5. The van der Waals surface area contributed by atoms with Crippen molar-refractivity contribution < 1.29 is 9.59 Å². The van der Waals surface area contributed by atoms with E-state index in [0.717, 1.165) is 16.7 Å². The molecular weight excluding hydrogens is 260 g/mol. The lowest BCUT2D eigenvalue weighted by Gasteiger charge is -2.06. The summed E-state index contributed by atoms with van der Waals surface area (Å²) in [4.78, 5) is 24.1. The zero-order valence-electron chi connectivity index (χ0n) is 10.00. The van der Waals surface area contributed by atoms with Gasteiger partial charge in [0.05, 0.1) is 0 Å². The lowest BCUT2D eigenvalue weighted by Crippen LogP contribution is -2.39. The predicted molar refractivity (Wildman–Crippen MR) is 74.7 cm³/mol. The molecule has 2 N–H and O–H groups in total. The summed E-state index contributed by atoms with van der Waals surface area (Å²) in [5, 5.41) is -0.338. The van der Waals surface area contributed by atoms with Crippen molar-refractivity contribution in [1.82, 2.24) is 10.9 Å². The van der Waals surface area contributed by atoms with Crippen molar-refractivity contribution in [2.24, 2.45) is 0 Å². The van der Waals surface area contributed by atoms with Crippen LogP contribution in [0, 0.1) is 0 Å². The van der Waals surface area contributed by atoms with Crippen LogP contribution in [0.1, 0.15) is 10.4 Å². The van der Waals surface area contributed by atoms with Gasteiger partial charge in [-0.1, -0.05) is 36.4 Å². The number of carbonyl (C=O) groups is 2. The lowest BCUT2D eigenvalue weighted by atomic mass is 10.2. The maximum absolute atomic E-state index is 11.7. The van der Waals surface area contributed by atoms with E-state index in [-0.39, 0.29) is 11.1 Å². The van der Waals surface area contributed by atoms with Gasteiger partial charge in [-0.05, 0) is 36.0 Å². The summed E-state index contributed by atoms with van der Waals surface area (Å²) in [6.45, 7) is 0. The fraction of sp³-hybridized carbons (Fsp3) is 0. The second kappa shape index (κ2) is 6.61. The third kappa shape index (κ3) is 4.15. The van der Waals surface area contributed by atoms with Crippen LogP contribution in [0.15, 0.2) is 65.6 Å². The van der Waals surface area contributed by atoms with Gasteiger partial charge < -0.3 is 0 Å². The second-order valence-electron chi connectivity index (χ2n) is 3.65. The van der Waals surface area contributed by atoms with Crippen molar-refractivity contribution in [3.8, 4) is 0 Å². The molecule has 2 aromatic carbocycles. The second-order valence-corrected chi connectivity index (χ2v) is 4.69. The van der Waals surface area contributed by atoms with Gasteiger partial charge in [0.2, 0.25) is 0 Å². The van der Waals surface area contributed by atoms with E-state index in [1.54, 1.807) is 24.3 Å². The number of amides is 2. The number of hydrogen-bond donors (Lipinski definition) is 2. The van der Waals surface area contributed by atoms with E-state index in [4.69, 9.17) is 0 Å². The van der Waals surface area contributed by atoms with Crippen molar-refractivity contribution in [1.29, 1.82) is 0 Å². The SMILES string of the molecule is O=C(NNC(=O)c1ccccc1)Sc1ccccc1. The fourth-order valence-electron chi connectivity index (χ4n) is 1.39. The van der Waals surface area contributed by atoms with Crippen molar-refractivity contribution >= 4 is 22.9 Å². The van der Waals surface area contributed by atoms with Gasteiger partial charge in [0.15, 0.2) is 0 Å². The third-order valence-corrected chi connectivity index (χ3v) is 3.06. The maximum atomic E-state index is 11.7. The molecule has 0 heterocycles. The highest BCUT2D eigenvalue weighted by molar-refractivity contribution is 8.13. The van der Waals surface area contributed by atoms with Crippen LogP contribution in [0.3, 0.4) is 0 Å². The number of hydrazine groups is 1. The summed E-state index contributed by atoms with van der Waals surface area (Å²) in [5.41, 5.74) is 5.21. The molecule has 0 spiro atoms. The highest BCUT2D eigenvalue weighted by atomic mass is 32.2. The Bertz CT molecular complexity index is 558. The summed E-state index contributed by atoms with van der Waals surface area (Å²) >= 11 is 1.02. The summed E-state index contributed by atoms with van der Waals surface area (Å²) < 4.78 is 0. The number of thioether (sulfide) groups is 1. The Hall–Kier alpha value is -2.27. The van der Waals surface area contributed by atoms with E-state index >= 15 is 0 Å². The van der Waals surface area contributed by atoms with Gasteiger partial charge in [0, 0.05) is 10.5 Å². The standard InChI is InChI=1S/C14H12N2O2S/c17-13(11-7-3-1-4-8-11)15-16-14(18)19-12-9-5-2-6-10-12/h1-10H,(H,15,17)(H,16,18). The molecule has 96 valence electrons. The Morgan fingerprint density at radius 2 is 1.37 bits per heavy atom. The first kappa shape index (κ1) is 13.2. The minimum Gasteiger partial charge on any atom is -0.267 e. The minimum absolute atomic E-state index is 0.338. The monoisotopic (exact) mass is 272 g/mol. The van der Waals surface area contributed by atoms with Crippen LogP contribution in [-0.2, 0) is 0 Å². The molecule has 2 amide bonds. The molecule has 0 atom stereocenters. The average Bonchev–Trinajstić information content (AvgIpc) is 2.47. The normalized spacial score (nSPS) is 9.68. The third-order valence-electron chi connectivity index (χ3n) is 2.27. The van der Waals surface area contributed by atoms with Crippen LogP contribution in [-0.4, -0.2) is 11.1 Å². The number of benzene rings is 2. The molecule has 0 saturated carbocycles. The molecule has 0 aliphatic heterocycles. The van der Waals surface area contributed by atoms with Crippen molar-refractivity contribution in [3.05, 3.63) is 66.2 Å². The predicted octanol–water partition coefficient (Wildman–Crippen LogP) is 2.83. The Morgan fingerprint density at radius 1 is 0.789 bits per heavy atom. The topological polar surface area (TPSA) is 58.2 Å². The number of rotatable bonds is 2. The van der Waals surface area contributed by atoms with E-state index in [1.807, 2.05) is 36.4 Å². The van der Waals surface area contributed by atoms with Gasteiger partial charge in [-0.3, -0.25) is 20.4 Å². The molecule has 4 nitrogen and oxygen atoms in total. The van der Waals surface area contributed by atoms with E-state index < -0.39 is 0 Å². The van der Waals surface area contributed by atoms with Crippen molar-refractivity contribution in [2.75, 3.05) is 0 Å². The lowest BCUT2D eigenvalue weighted by molar-refractivity contribution is 0.0939. The van der Waals surface area contributed by atoms with Crippen LogP contribution in [0.2, 0.25) is 0 Å². The minimum atomic E-state index is -0.345. The van der Waals surface area contributed by atoms with Gasteiger partial charge >= 0.3 is 5.24 Å². The molecule has 2 rings (SSSR count). The van der Waals surface area contributed by atoms with E-state index in [1.165, 1.54) is 0 Å². The highest BCUT2D eigenvalue weighted by Gasteiger charge is 2.07. The van der Waals surface area contributed by atoms with E-state index in [0.29, 0.717) is 5.56 Å². The first-order valence-electron chi connectivity index (χ1n) is 5.64. The van der Waals surface area contributed by atoms with Crippen molar-refractivity contribution in [2.45, 2.75) is 4.90 Å². The number of nitrogens with one attached hydrogen (secondary N) is 2. The van der Waals surface area contributed by atoms with Gasteiger partial charge in [0.1, 0.15) is 0 Å². The van der Waals surface area contributed by atoms with Crippen LogP contribution in [0.4, 0.5) is 4.79 Å². The highest BCUT2D eigenvalue weighted by Crippen LogP contribution is 2.16. The Balaban J connectivity index is 1.83. The molecule has 0 bridgehead atoms. The molecule has 0 radical (unpaired) electrons. The van der Waals surface area contributed by atoms with Gasteiger partial charge in [-0.25, -0.2) is 0 Å². The molecule has 0 aliphatic carbocycles. The summed E-state index contributed by atoms with van der Waals surface area (Å²) in [5.74, 6) is -0.345. The summed E-state index contributed by atoms with van der Waals surface area (Å²) in [7, 11) is 0. The van der Waals surface area contributed by atoms with Crippen LogP contribution in [0.5, 0.6) is 0 Å². The molecular formula is C14H12N2O2S. The molecule has 0 unspecified atom stereocenters. The van der Waals surface area contributed by atoms with Gasteiger partial charge in [0.25, 0.3) is 5.91 Å². The molecule has 0 aliphatic rings. The Labute approximate surface area is 115 Å². The first-order chi connectivity index (χ1) is 9.25. The molecule has 2 aromatic rings. The molecule has 0 saturated heterocycles. The van der Waals surface area contributed by atoms with Gasteiger partial charge in [-0.2, -0.15) is 0 Å². The van der Waals surface area contributed by atoms with Crippen LogP contribution >= 0.6 is 11.8 Å². The zero-order valence-corrected chi connectivity index (χ0v) is 10.8. The van der Waals surface area contributed by atoms with Crippen LogP contribution < -0.4 is 10.9 Å². The smallest absolute Gasteiger partial charge is 0.267 e. The maximum Gasteiger partial charge on any atom is 0.302 e. The Kier molecular flexibility index (Phi) is 4.58. The van der Waals surface area contributed by atoms with E-state index in [9.17, 15) is 9.59 Å². The molecule has 0 aromatic heterocycles. The quantitative estimate of drug-likeness (QED) is 0.653. The molecule has 5 heteroatoms. The van der Waals surface area contributed by atoms with Crippen molar-refractivity contribution in [3.63, 3.8) is 0 Å².